The third-order valence-corrected chi connectivity index (χ3v) is 4.08. The second-order valence-corrected chi connectivity index (χ2v) is 6.07. The molecule has 2 rings (SSSR count). The van der Waals surface area contributed by atoms with Crippen LogP contribution in [0.1, 0.15) is 11.1 Å². The molecule has 0 bridgehead atoms. The van der Waals surface area contributed by atoms with E-state index in [9.17, 15) is 14.0 Å². The molecule has 0 saturated heterocycles. The number of benzene rings is 2. The Balaban J connectivity index is 1.86. The molecule has 142 valence electrons. The molecule has 0 aliphatic heterocycles. The first kappa shape index (κ1) is 20.5. The predicted molar refractivity (Wildman–Crippen MR) is 101 cm³/mol. The van der Waals surface area contributed by atoms with Crippen molar-refractivity contribution in [2.24, 2.45) is 0 Å². The summed E-state index contributed by atoms with van der Waals surface area (Å²) >= 11 is 5.95. The van der Waals surface area contributed by atoms with E-state index in [1.165, 1.54) is 30.2 Å². The van der Waals surface area contributed by atoms with Crippen LogP contribution in [0.4, 0.5) is 4.39 Å². The topological polar surface area (TPSA) is 55.8 Å². The molecule has 0 N–H and O–H groups in total. The molecular weight excluding hydrogens is 373 g/mol. The highest BCUT2D eigenvalue weighted by Crippen LogP contribution is 2.20. The van der Waals surface area contributed by atoms with Crippen molar-refractivity contribution in [3.05, 3.63) is 70.5 Å². The van der Waals surface area contributed by atoms with Gasteiger partial charge in [-0.05, 0) is 35.9 Å². The molecule has 0 aliphatic rings. The standard InChI is InChI=1S/C20H19ClFNO4/c1-23(12-16-17(21)7-4-8-18(16)22)19(24)13-27-20(25)10-9-14-5-3-6-15(11-14)26-2/h3-11H,12-13H2,1-2H3/b10-9+. The summed E-state index contributed by atoms with van der Waals surface area (Å²) in [6.07, 6.45) is 2.77. The van der Waals surface area contributed by atoms with E-state index >= 15 is 0 Å². The first-order valence-electron chi connectivity index (χ1n) is 8.06. The van der Waals surface area contributed by atoms with E-state index in [4.69, 9.17) is 21.1 Å². The van der Waals surface area contributed by atoms with Crippen LogP contribution in [-0.4, -0.2) is 37.5 Å². The molecule has 5 nitrogen and oxygen atoms in total. The van der Waals surface area contributed by atoms with Crippen molar-refractivity contribution in [2.75, 3.05) is 20.8 Å². The SMILES string of the molecule is COc1cccc(/C=C/C(=O)OCC(=O)N(C)Cc2c(F)cccc2Cl)c1. The van der Waals surface area contributed by atoms with E-state index in [2.05, 4.69) is 0 Å². The maximum atomic E-state index is 13.8. The molecule has 0 atom stereocenters. The molecule has 1 amide bonds. The van der Waals surface area contributed by atoms with Gasteiger partial charge in [-0.1, -0.05) is 29.8 Å². The molecule has 7 heteroatoms. The number of rotatable bonds is 7. The Morgan fingerprint density at radius 1 is 1.22 bits per heavy atom. The summed E-state index contributed by atoms with van der Waals surface area (Å²) in [6, 6.07) is 11.4. The Hall–Kier alpha value is -2.86. The van der Waals surface area contributed by atoms with Crippen molar-refractivity contribution in [1.82, 2.24) is 4.90 Å². The van der Waals surface area contributed by atoms with Gasteiger partial charge in [-0.25, -0.2) is 9.18 Å². The minimum atomic E-state index is -0.663. The fourth-order valence-electron chi connectivity index (χ4n) is 2.21. The molecule has 0 spiro atoms. The summed E-state index contributed by atoms with van der Waals surface area (Å²) in [5.74, 6) is -0.976. The van der Waals surface area contributed by atoms with Crippen LogP contribution in [0.2, 0.25) is 5.02 Å². The second kappa shape index (κ2) is 9.73. The van der Waals surface area contributed by atoms with Gasteiger partial charge >= 0.3 is 5.97 Å². The van der Waals surface area contributed by atoms with Gasteiger partial charge in [0.2, 0.25) is 0 Å². The molecule has 0 heterocycles. The fraction of sp³-hybridized carbons (Fsp3) is 0.200. The summed E-state index contributed by atoms with van der Waals surface area (Å²) in [4.78, 5) is 25.1. The minimum Gasteiger partial charge on any atom is -0.497 e. The summed E-state index contributed by atoms with van der Waals surface area (Å²) in [7, 11) is 3.03. The van der Waals surface area contributed by atoms with Gasteiger partial charge in [-0.2, -0.15) is 0 Å². The zero-order valence-electron chi connectivity index (χ0n) is 14.9. The molecule has 2 aromatic rings. The first-order chi connectivity index (χ1) is 12.9. The van der Waals surface area contributed by atoms with Gasteiger partial charge in [-0.3, -0.25) is 4.79 Å². The highest BCUT2D eigenvalue weighted by Gasteiger charge is 2.15. The normalized spacial score (nSPS) is 10.7. The summed E-state index contributed by atoms with van der Waals surface area (Å²) in [6.45, 7) is -0.481. The lowest BCUT2D eigenvalue weighted by Crippen LogP contribution is -2.31. The average molecular weight is 392 g/mol. The highest BCUT2D eigenvalue weighted by molar-refractivity contribution is 6.31. The van der Waals surface area contributed by atoms with Crippen LogP contribution >= 0.6 is 11.6 Å². The van der Waals surface area contributed by atoms with Crippen LogP contribution < -0.4 is 4.74 Å². The van der Waals surface area contributed by atoms with E-state index in [0.717, 1.165) is 5.56 Å². The Morgan fingerprint density at radius 3 is 2.67 bits per heavy atom. The van der Waals surface area contributed by atoms with Crippen LogP contribution in [0.3, 0.4) is 0 Å². The summed E-state index contributed by atoms with van der Waals surface area (Å²) in [5.41, 5.74) is 0.961. The molecule has 0 unspecified atom stereocenters. The first-order valence-corrected chi connectivity index (χ1v) is 8.44. The zero-order valence-corrected chi connectivity index (χ0v) is 15.7. The van der Waals surface area contributed by atoms with Gasteiger partial charge in [-0.15, -0.1) is 0 Å². The third kappa shape index (κ3) is 6.11. The van der Waals surface area contributed by atoms with Gasteiger partial charge in [0.1, 0.15) is 11.6 Å². The van der Waals surface area contributed by atoms with Crippen LogP contribution in [-0.2, 0) is 20.9 Å². The Bertz CT molecular complexity index is 833. The molecule has 27 heavy (non-hydrogen) atoms. The predicted octanol–water partition coefficient (Wildman–Crippen LogP) is 3.70. The molecule has 0 saturated carbocycles. The number of likely N-dealkylation sites (N-methyl/N-ethyl adjacent to an activating group) is 1. The Labute approximate surface area is 161 Å². The number of hydrogen-bond acceptors (Lipinski definition) is 4. The number of hydrogen-bond donors (Lipinski definition) is 0. The second-order valence-electron chi connectivity index (χ2n) is 5.67. The average Bonchev–Trinajstić information content (AvgIpc) is 2.67. The van der Waals surface area contributed by atoms with E-state index in [0.29, 0.717) is 5.75 Å². The van der Waals surface area contributed by atoms with Crippen LogP contribution in [0, 0.1) is 5.82 Å². The zero-order chi connectivity index (χ0) is 19.8. The van der Waals surface area contributed by atoms with Gasteiger partial charge < -0.3 is 14.4 Å². The lowest BCUT2D eigenvalue weighted by Gasteiger charge is -2.18. The lowest BCUT2D eigenvalue weighted by atomic mass is 10.2. The Morgan fingerprint density at radius 2 is 1.96 bits per heavy atom. The van der Waals surface area contributed by atoms with E-state index in [1.807, 2.05) is 0 Å². The molecular formula is C20H19ClFNO4. The largest absolute Gasteiger partial charge is 0.497 e. The van der Waals surface area contributed by atoms with Crippen LogP contribution in [0.25, 0.3) is 6.08 Å². The van der Waals surface area contributed by atoms with Crippen molar-refractivity contribution < 1.29 is 23.5 Å². The smallest absolute Gasteiger partial charge is 0.331 e. The van der Waals surface area contributed by atoms with Crippen LogP contribution in [0.15, 0.2) is 48.5 Å². The minimum absolute atomic E-state index is 0.0263. The molecule has 0 aliphatic carbocycles. The Kier molecular flexibility index (Phi) is 7.37. The molecule has 0 radical (unpaired) electrons. The maximum absolute atomic E-state index is 13.8. The van der Waals surface area contributed by atoms with Crippen molar-refractivity contribution >= 4 is 29.6 Å². The van der Waals surface area contributed by atoms with Gasteiger partial charge in [0.15, 0.2) is 6.61 Å². The quantitative estimate of drug-likeness (QED) is 0.533. The number of carbonyl (C=O) groups excluding carboxylic acids is 2. The van der Waals surface area contributed by atoms with E-state index < -0.39 is 24.3 Å². The van der Waals surface area contributed by atoms with Crippen molar-refractivity contribution in [1.29, 1.82) is 0 Å². The third-order valence-electron chi connectivity index (χ3n) is 3.73. The number of methoxy groups -OCH3 is 1. The van der Waals surface area contributed by atoms with Crippen molar-refractivity contribution in [3.63, 3.8) is 0 Å². The number of nitrogens with zero attached hydrogens (tertiary/aromatic N) is 1. The van der Waals surface area contributed by atoms with Crippen LogP contribution in [0.5, 0.6) is 5.75 Å². The van der Waals surface area contributed by atoms with Crippen molar-refractivity contribution in [2.45, 2.75) is 6.54 Å². The maximum Gasteiger partial charge on any atom is 0.331 e. The van der Waals surface area contributed by atoms with Gasteiger partial charge in [0.05, 0.1) is 7.11 Å². The summed E-state index contributed by atoms with van der Waals surface area (Å²) in [5, 5.41) is 0.230. The number of esters is 1. The fourth-order valence-corrected chi connectivity index (χ4v) is 2.43. The molecule has 0 fully saturated rings. The van der Waals surface area contributed by atoms with E-state index in [-0.39, 0.29) is 17.1 Å². The number of carbonyl (C=O) groups is 2. The molecule has 2 aromatic carbocycles. The number of amides is 1. The highest BCUT2D eigenvalue weighted by atomic mass is 35.5. The van der Waals surface area contributed by atoms with Gasteiger partial charge in [0.25, 0.3) is 5.91 Å². The summed E-state index contributed by atoms with van der Waals surface area (Å²) < 4.78 is 23.8. The van der Waals surface area contributed by atoms with Gasteiger partial charge in [0, 0.05) is 30.3 Å². The lowest BCUT2D eigenvalue weighted by molar-refractivity contribution is -0.147. The monoisotopic (exact) mass is 391 g/mol. The van der Waals surface area contributed by atoms with E-state index in [1.54, 1.807) is 43.5 Å². The number of ether oxygens (including phenoxy) is 2. The number of halogens is 2. The van der Waals surface area contributed by atoms with Crippen molar-refractivity contribution in [3.8, 4) is 5.75 Å². The molecule has 0 aromatic heterocycles.